The van der Waals surface area contributed by atoms with Gasteiger partial charge in [-0.3, -0.25) is 9.59 Å². The van der Waals surface area contributed by atoms with Gasteiger partial charge in [0.2, 0.25) is 5.91 Å². The van der Waals surface area contributed by atoms with Crippen LogP contribution in [-0.4, -0.2) is 43.5 Å². The molecule has 0 unspecified atom stereocenters. The summed E-state index contributed by atoms with van der Waals surface area (Å²) >= 11 is 0. The molecule has 2 amide bonds. The van der Waals surface area contributed by atoms with E-state index in [1.807, 2.05) is 19.1 Å². The quantitative estimate of drug-likeness (QED) is 0.822. The van der Waals surface area contributed by atoms with Crippen LogP contribution in [-0.2, 0) is 9.59 Å². The zero-order chi connectivity index (χ0) is 14.5. The molecular formula is C15H20N2O3. The molecule has 1 saturated heterocycles. The molecule has 5 heteroatoms. The van der Waals surface area contributed by atoms with E-state index in [1.54, 1.807) is 29.0 Å². The molecule has 1 aromatic rings. The van der Waals surface area contributed by atoms with Gasteiger partial charge in [0.25, 0.3) is 5.91 Å². The van der Waals surface area contributed by atoms with E-state index in [2.05, 4.69) is 0 Å². The minimum atomic E-state index is -0.0497. The topological polar surface area (TPSA) is 49.9 Å². The smallest absolute Gasteiger partial charge is 0.260 e. The van der Waals surface area contributed by atoms with E-state index >= 15 is 0 Å². The number of rotatable bonds is 5. The molecule has 1 aliphatic heterocycles. The number of nitrogens with zero attached hydrogens (tertiary/aromatic N) is 2. The fraction of sp³-hybridized carbons (Fsp3) is 0.467. The van der Waals surface area contributed by atoms with Crippen molar-refractivity contribution in [2.24, 2.45) is 0 Å². The van der Waals surface area contributed by atoms with Crippen molar-refractivity contribution in [2.45, 2.75) is 19.8 Å². The molecule has 0 spiro atoms. The molecule has 0 aliphatic carbocycles. The van der Waals surface area contributed by atoms with Crippen molar-refractivity contribution in [3.8, 4) is 5.75 Å². The van der Waals surface area contributed by atoms with Gasteiger partial charge >= 0.3 is 0 Å². The summed E-state index contributed by atoms with van der Waals surface area (Å²) in [4.78, 5) is 26.6. The number of anilines is 1. The Morgan fingerprint density at radius 3 is 2.60 bits per heavy atom. The van der Waals surface area contributed by atoms with E-state index in [0.717, 1.165) is 18.7 Å². The number of carbonyl (C=O) groups is 2. The zero-order valence-corrected chi connectivity index (χ0v) is 12.0. The predicted octanol–water partition coefficient (Wildman–Crippen LogP) is 1.67. The Balaban J connectivity index is 1.92. The first-order valence-corrected chi connectivity index (χ1v) is 6.89. The van der Waals surface area contributed by atoms with Crippen molar-refractivity contribution >= 4 is 17.5 Å². The average Bonchev–Trinajstić information content (AvgIpc) is 2.90. The van der Waals surface area contributed by atoms with Gasteiger partial charge in [-0.2, -0.15) is 0 Å². The highest BCUT2D eigenvalue weighted by atomic mass is 16.5. The van der Waals surface area contributed by atoms with Gasteiger partial charge in [-0.1, -0.05) is 0 Å². The largest absolute Gasteiger partial charge is 0.484 e. The lowest BCUT2D eigenvalue weighted by Crippen LogP contribution is -2.31. The third-order valence-corrected chi connectivity index (χ3v) is 3.48. The van der Waals surface area contributed by atoms with E-state index in [1.165, 1.54) is 0 Å². The number of hydrogen-bond acceptors (Lipinski definition) is 3. The van der Waals surface area contributed by atoms with Gasteiger partial charge in [-0.05, 0) is 37.6 Å². The van der Waals surface area contributed by atoms with Crippen LogP contribution in [0.15, 0.2) is 24.3 Å². The SMILES string of the molecule is CCN(C)C(=O)COc1ccc(N2CCCC2=O)cc1. The summed E-state index contributed by atoms with van der Waals surface area (Å²) in [5, 5.41) is 0. The zero-order valence-electron chi connectivity index (χ0n) is 12.0. The standard InChI is InChI=1S/C15H20N2O3/c1-3-16(2)15(19)11-20-13-8-6-12(7-9-13)17-10-4-5-14(17)18/h6-9H,3-5,10-11H2,1-2H3. The van der Waals surface area contributed by atoms with Crippen LogP contribution < -0.4 is 9.64 Å². The molecule has 20 heavy (non-hydrogen) atoms. The van der Waals surface area contributed by atoms with Crippen molar-refractivity contribution in [1.29, 1.82) is 0 Å². The monoisotopic (exact) mass is 276 g/mol. The lowest BCUT2D eigenvalue weighted by Gasteiger charge is -2.17. The second kappa shape index (κ2) is 6.41. The maximum absolute atomic E-state index is 11.6. The summed E-state index contributed by atoms with van der Waals surface area (Å²) in [5.41, 5.74) is 0.886. The van der Waals surface area contributed by atoms with Gasteiger partial charge < -0.3 is 14.5 Å². The summed E-state index contributed by atoms with van der Waals surface area (Å²) in [5.74, 6) is 0.753. The maximum atomic E-state index is 11.6. The van der Waals surface area contributed by atoms with Crippen molar-refractivity contribution in [1.82, 2.24) is 4.90 Å². The number of carbonyl (C=O) groups excluding carboxylic acids is 2. The molecular weight excluding hydrogens is 256 g/mol. The molecule has 0 saturated carbocycles. The summed E-state index contributed by atoms with van der Waals surface area (Å²) in [6.45, 7) is 3.39. The van der Waals surface area contributed by atoms with Crippen LogP contribution in [0.25, 0.3) is 0 Å². The first-order chi connectivity index (χ1) is 9.61. The summed E-state index contributed by atoms with van der Waals surface area (Å²) in [7, 11) is 1.74. The Kier molecular flexibility index (Phi) is 4.61. The van der Waals surface area contributed by atoms with Crippen molar-refractivity contribution in [3.63, 3.8) is 0 Å². The Hall–Kier alpha value is -2.04. The number of amides is 2. The molecule has 1 aromatic carbocycles. The van der Waals surface area contributed by atoms with Gasteiger partial charge in [-0.25, -0.2) is 0 Å². The van der Waals surface area contributed by atoms with Crippen LogP contribution in [0.1, 0.15) is 19.8 Å². The highest BCUT2D eigenvalue weighted by Crippen LogP contribution is 2.23. The Labute approximate surface area is 119 Å². The van der Waals surface area contributed by atoms with E-state index in [9.17, 15) is 9.59 Å². The number of hydrogen-bond donors (Lipinski definition) is 0. The molecule has 1 fully saturated rings. The lowest BCUT2D eigenvalue weighted by molar-refractivity contribution is -0.131. The Morgan fingerprint density at radius 2 is 2.05 bits per heavy atom. The van der Waals surface area contributed by atoms with E-state index in [0.29, 0.717) is 18.7 Å². The highest BCUT2D eigenvalue weighted by molar-refractivity contribution is 5.95. The number of likely N-dealkylation sites (N-methyl/N-ethyl adjacent to an activating group) is 1. The Morgan fingerprint density at radius 1 is 1.35 bits per heavy atom. The normalized spacial score (nSPS) is 14.5. The maximum Gasteiger partial charge on any atom is 0.260 e. The van der Waals surface area contributed by atoms with Gasteiger partial charge in [0.1, 0.15) is 5.75 Å². The van der Waals surface area contributed by atoms with Gasteiger partial charge in [0.05, 0.1) is 0 Å². The lowest BCUT2D eigenvalue weighted by atomic mass is 10.3. The molecule has 108 valence electrons. The van der Waals surface area contributed by atoms with E-state index in [4.69, 9.17) is 4.74 Å². The second-order valence-corrected chi connectivity index (χ2v) is 4.84. The molecule has 0 N–H and O–H groups in total. The van der Waals surface area contributed by atoms with Crippen molar-refractivity contribution in [3.05, 3.63) is 24.3 Å². The minimum absolute atomic E-state index is 0.0341. The Bertz CT molecular complexity index is 484. The minimum Gasteiger partial charge on any atom is -0.484 e. The number of ether oxygens (including phenoxy) is 1. The van der Waals surface area contributed by atoms with Crippen LogP contribution in [0, 0.1) is 0 Å². The van der Waals surface area contributed by atoms with Gasteiger partial charge in [-0.15, -0.1) is 0 Å². The molecule has 5 nitrogen and oxygen atoms in total. The van der Waals surface area contributed by atoms with Gasteiger partial charge in [0, 0.05) is 32.2 Å². The molecule has 1 aliphatic rings. The summed E-state index contributed by atoms with van der Waals surface area (Å²) in [6.07, 6.45) is 1.53. The second-order valence-electron chi connectivity index (χ2n) is 4.84. The van der Waals surface area contributed by atoms with Crippen molar-refractivity contribution in [2.75, 3.05) is 31.6 Å². The van der Waals surface area contributed by atoms with Crippen LogP contribution in [0.2, 0.25) is 0 Å². The summed E-state index contributed by atoms with van der Waals surface area (Å²) < 4.78 is 5.44. The highest BCUT2D eigenvalue weighted by Gasteiger charge is 2.21. The predicted molar refractivity (Wildman–Crippen MR) is 76.8 cm³/mol. The third-order valence-electron chi connectivity index (χ3n) is 3.48. The molecule has 2 rings (SSSR count). The average molecular weight is 276 g/mol. The summed E-state index contributed by atoms with van der Waals surface area (Å²) in [6, 6.07) is 7.29. The fourth-order valence-corrected chi connectivity index (χ4v) is 2.08. The first-order valence-electron chi connectivity index (χ1n) is 6.89. The van der Waals surface area contributed by atoms with Crippen LogP contribution in [0.3, 0.4) is 0 Å². The van der Waals surface area contributed by atoms with Gasteiger partial charge in [0.15, 0.2) is 6.61 Å². The van der Waals surface area contributed by atoms with Crippen molar-refractivity contribution < 1.29 is 14.3 Å². The molecule has 0 aromatic heterocycles. The van der Waals surface area contributed by atoms with E-state index < -0.39 is 0 Å². The molecule has 0 bridgehead atoms. The molecule has 0 atom stereocenters. The third kappa shape index (κ3) is 3.29. The molecule has 1 heterocycles. The first kappa shape index (κ1) is 14.4. The fourth-order valence-electron chi connectivity index (χ4n) is 2.08. The number of benzene rings is 1. The molecule has 0 radical (unpaired) electrons. The van der Waals surface area contributed by atoms with Crippen LogP contribution in [0.4, 0.5) is 5.69 Å². The van der Waals surface area contributed by atoms with E-state index in [-0.39, 0.29) is 18.4 Å². The van der Waals surface area contributed by atoms with Crippen LogP contribution >= 0.6 is 0 Å². The van der Waals surface area contributed by atoms with Crippen LogP contribution in [0.5, 0.6) is 5.75 Å².